The van der Waals surface area contributed by atoms with Crippen molar-refractivity contribution in [3.8, 4) is 5.75 Å². The minimum atomic E-state index is -5.08. The van der Waals surface area contributed by atoms with Crippen LogP contribution in [0.2, 0.25) is 0 Å². The first-order chi connectivity index (χ1) is 8.18. The highest BCUT2D eigenvalue weighted by molar-refractivity contribution is 5.92. The molecule has 0 bridgehead atoms. The van der Waals surface area contributed by atoms with Crippen LogP contribution in [0.5, 0.6) is 5.75 Å². The lowest BCUT2D eigenvalue weighted by atomic mass is 10.2. The van der Waals surface area contributed by atoms with Crippen LogP contribution < -0.4 is 10.5 Å². The molecule has 8 heteroatoms. The van der Waals surface area contributed by atoms with Crippen molar-refractivity contribution in [2.75, 3.05) is 7.11 Å². The number of aliphatic carboxylic acids is 1. The van der Waals surface area contributed by atoms with E-state index in [1.54, 1.807) is 31.4 Å². The number of carboxylic acids is 1. The van der Waals surface area contributed by atoms with E-state index in [0.29, 0.717) is 5.56 Å². The van der Waals surface area contributed by atoms with Gasteiger partial charge < -0.3 is 15.6 Å². The van der Waals surface area contributed by atoms with Crippen molar-refractivity contribution >= 4 is 11.9 Å². The zero-order chi connectivity index (χ0) is 14.3. The Morgan fingerprint density at radius 1 is 1.22 bits per heavy atom. The molecule has 1 rings (SSSR count). The van der Waals surface area contributed by atoms with Crippen LogP contribution >= 0.6 is 0 Å². The number of benzene rings is 1. The number of hydrogen-bond donors (Lipinski definition) is 2. The van der Waals surface area contributed by atoms with Crippen molar-refractivity contribution in [2.45, 2.75) is 6.18 Å². The van der Waals surface area contributed by atoms with Crippen LogP contribution in [0.25, 0.3) is 0 Å². The molecule has 1 aromatic carbocycles. The van der Waals surface area contributed by atoms with Crippen LogP contribution in [-0.2, 0) is 4.79 Å². The van der Waals surface area contributed by atoms with Gasteiger partial charge in [0.25, 0.3) is 0 Å². The topological polar surface area (TPSA) is 89.6 Å². The number of carbonyl (C=O) groups is 2. The Kier molecular flexibility index (Phi) is 5.67. The summed E-state index contributed by atoms with van der Waals surface area (Å²) in [6, 6.07) is 6.64. The molecule has 0 unspecified atom stereocenters. The van der Waals surface area contributed by atoms with E-state index in [0.717, 1.165) is 5.75 Å². The van der Waals surface area contributed by atoms with Crippen molar-refractivity contribution < 1.29 is 32.6 Å². The van der Waals surface area contributed by atoms with Crippen LogP contribution in [0.4, 0.5) is 13.2 Å². The average Bonchev–Trinajstić information content (AvgIpc) is 2.28. The molecule has 3 N–H and O–H groups in total. The number of nitrogens with two attached hydrogens (primary N) is 1. The molecule has 18 heavy (non-hydrogen) atoms. The maximum Gasteiger partial charge on any atom is 0.490 e. The highest BCUT2D eigenvalue weighted by Crippen LogP contribution is 2.13. The van der Waals surface area contributed by atoms with Gasteiger partial charge in [-0.1, -0.05) is 0 Å². The van der Waals surface area contributed by atoms with Crippen molar-refractivity contribution in [3.05, 3.63) is 29.8 Å². The molecule has 0 radical (unpaired) electrons. The van der Waals surface area contributed by atoms with Crippen LogP contribution in [0, 0.1) is 0 Å². The minimum Gasteiger partial charge on any atom is -0.497 e. The van der Waals surface area contributed by atoms with Crippen molar-refractivity contribution in [1.29, 1.82) is 0 Å². The van der Waals surface area contributed by atoms with Gasteiger partial charge in [0.1, 0.15) is 5.75 Å². The summed E-state index contributed by atoms with van der Waals surface area (Å²) in [5.41, 5.74) is 5.52. The molecule has 0 aliphatic heterocycles. The van der Waals surface area contributed by atoms with Gasteiger partial charge in [-0.05, 0) is 24.3 Å². The van der Waals surface area contributed by atoms with Crippen molar-refractivity contribution in [2.24, 2.45) is 5.73 Å². The molecule has 0 saturated carbocycles. The number of ether oxygens (including phenoxy) is 1. The van der Waals surface area contributed by atoms with Gasteiger partial charge in [-0.25, -0.2) is 4.79 Å². The fourth-order valence-electron chi connectivity index (χ4n) is 0.755. The van der Waals surface area contributed by atoms with Gasteiger partial charge >= 0.3 is 12.1 Å². The van der Waals surface area contributed by atoms with E-state index in [1.807, 2.05) is 0 Å². The summed E-state index contributed by atoms with van der Waals surface area (Å²) in [4.78, 5) is 19.5. The van der Waals surface area contributed by atoms with E-state index in [1.165, 1.54) is 0 Å². The Labute approximate surface area is 100.0 Å². The van der Waals surface area contributed by atoms with E-state index < -0.39 is 18.1 Å². The lowest BCUT2D eigenvalue weighted by Crippen LogP contribution is -2.21. The quantitative estimate of drug-likeness (QED) is 0.846. The summed E-state index contributed by atoms with van der Waals surface area (Å²) < 4.78 is 36.6. The maximum atomic E-state index is 10.6. The number of hydrogen-bond acceptors (Lipinski definition) is 3. The second-order valence-corrected chi connectivity index (χ2v) is 2.90. The summed E-state index contributed by atoms with van der Waals surface area (Å²) in [5, 5.41) is 7.12. The first kappa shape index (κ1) is 15.8. The van der Waals surface area contributed by atoms with Crippen LogP contribution in [0.3, 0.4) is 0 Å². The molecular weight excluding hydrogens is 255 g/mol. The zero-order valence-electron chi connectivity index (χ0n) is 9.19. The largest absolute Gasteiger partial charge is 0.497 e. The van der Waals surface area contributed by atoms with E-state index in [9.17, 15) is 18.0 Å². The monoisotopic (exact) mass is 265 g/mol. The van der Waals surface area contributed by atoms with Gasteiger partial charge in [-0.2, -0.15) is 13.2 Å². The number of alkyl halides is 3. The third kappa shape index (κ3) is 5.73. The van der Waals surface area contributed by atoms with Crippen LogP contribution in [0.1, 0.15) is 10.4 Å². The Balaban J connectivity index is 0.000000360. The Bertz CT molecular complexity index is 414. The predicted octanol–water partition coefficient (Wildman–Crippen LogP) is 1.43. The summed E-state index contributed by atoms with van der Waals surface area (Å²) in [6.07, 6.45) is -5.08. The first-order valence-corrected chi connectivity index (χ1v) is 4.42. The zero-order valence-corrected chi connectivity index (χ0v) is 9.19. The van der Waals surface area contributed by atoms with E-state index >= 15 is 0 Å². The van der Waals surface area contributed by atoms with E-state index in [4.69, 9.17) is 20.4 Å². The number of carboxylic acid groups (broad SMARTS) is 1. The van der Waals surface area contributed by atoms with Gasteiger partial charge in [-0.15, -0.1) is 0 Å². The highest BCUT2D eigenvalue weighted by atomic mass is 19.4. The number of amides is 1. The molecule has 0 aromatic heterocycles. The minimum absolute atomic E-state index is 0.423. The molecule has 5 nitrogen and oxygen atoms in total. The standard InChI is InChI=1S/C8H9NO2.C2HF3O2/c1-11-7-4-2-6(3-5-7)8(9)10;3-2(4,5)1(6)7/h2-5H,1H3,(H2,9,10);(H,6,7). The molecule has 0 fully saturated rings. The SMILES string of the molecule is COc1ccc(C(N)=O)cc1.O=C(O)C(F)(F)F. The smallest absolute Gasteiger partial charge is 0.490 e. The third-order valence-electron chi connectivity index (χ3n) is 1.62. The molecule has 0 aliphatic rings. The number of carbonyl (C=O) groups excluding carboxylic acids is 1. The van der Waals surface area contributed by atoms with Gasteiger partial charge in [0.2, 0.25) is 5.91 Å². The fourth-order valence-corrected chi connectivity index (χ4v) is 0.755. The average molecular weight is 265 g/mol. The molecule has 0 heterocycles. The number of rotatable bonds is 2. The van der Waals surface area contributed by atoms with Crippen molar-refractivity contribution in [1.82, 2.24) is 0 Å². The van der Waals surface area contributed by atoms with E-state index in [2.05, 4.69) is 0 Å². The number of primary amides is 1. The van der Waals surface area contributed by atoms with Crippen LogP contribution in [0.15, 0.2) is 24.3 Å². The summed E-state index contributed by atoms with van der Waals surface area (Å²) >= 11 is 0. The molecular formula is C10H10F3NO4. The van der Waals surface area contributed by atoms with Crippen molar-refractivity contribution in [3.63, 3.8) is 0 Å². The lowest BCUT2D eigenvalue weighted by Gasteiger charge is -1.98. The Morgan fingerprint density at radius 3 is 1.83 bits per heavy atom. The highest BCUT2D eigenvalue weighted by Gasteiger charge is 2.38. The summed E-state index contributed by atoms with van der Waals surface area (Å²) in [7, 11) is 1.57. The molecule has 100 valence electrons. The molecule has 0 spiro atoms. The second kappa shape index (κ2) is 6.48. The Morgan fingerprint density at radius 2 is 1.61 bits per heavy atom. The van der Waals surface area contributed by atoms with Gasteiger partial charge in [0, 0.05) is 5.56 Å². The summed E-state index contributed by atoms with van der Waals surface area (Å²) in [5.74, 6) is -2.46. The predicted molar refractivity (Wildman–Crippen MR) is 55.2 cm³/mol. The first-order valence-electron chi connectivity index (χ1n) is 4.42. The Hall–Kier alpha value is -2.25. The maximum absolute atomic E-state index is 10.6. The lowest BCUT2D eigenvalue weighted by molar-refractivity contribution is -0.192. The second-order valence-electron chi connectivity index (χ2n) is 2.90. The fraction of sp³-hybridized carbons (Fsp3) is 0.200. The molecule has 1 amide bonds. The van der Waals surface area contributed by atoms with Gasteiger partial charge in [0.15, 0.2) is 0 Å². The van der Waals surface area contributed by atoms with Gasteiger partial charge in [-0.3, -0.25) is 4.79 Å². The molecule has 1 aromatic rings. The van der Waals surface area contributed by atoms with E-state index in [-0.39, 0.29) is 0 Å². The molecule has 0 saturated heterocycles. The summed E-state index contributed by atoms with van der Waals surface area (Å²) in [6.45, 7) is 0. The van der Waals surface area contributed by atoms with Crippen LogP contribution in [-0.4, -0.2) is 30.3 Å². The number of methoxy groups -OCH3 is 1. The molecule has 0 aliphatic carbocycles. The molecule has 0 atom stereocenters. The number of halogens is 3. The third-order valence-corrected chi connectivity index (χ3v) is 1.62. The van der Waals surface area contributed by atoms with Gasteiger partial charge in [0.05, 0.1) is 7.11 Å². The normalized spacial score (nSPS) is 10.0.